The summed E-state index contributed by atoms with van der Waals surface area (Å²) in [5, 5.41) is 0.357. The van der Waals surface area contributed by atoms with Crippen molar-refractivity contribution in [3.63, 3.8) is 0 Å². The van der Waals surface area contributed by atoms with Gasteiger partial charge in [-0.25, -0.2) is 9.97 Å². The van der Waals surface area contributed by atoms with Crippen LogP contribution in [0.5, 0.6) is 0 Å². The van der Waals surface area contributed by atoms with Gasteiger partial charge >= 0.3 is 0 Å². The topological polar surface area (TPSA) is 96.2 Å². The molecule has 0 aliphatic heterocycles. The highest BCUT2D eigenvalue weighted by Crippen LogP contribution is 2.26. The lowest BCUT2D eigenvalue weighted by atomic mass is 10.2. The van der Waals surface area contributed by atoms with Crippen LogP contribution in [0.3, 0.4) is 0 Å². The van der Waals surface area contributed by atoms with Gasteiger partial charge in [-0.3, -0.25) is 15.6 Å². The molecule has 0 bridgehead atoms. The molecule has 7 nitrogen and oxygen atoms in total. The van der Waals surface area contributed by atoms with E-state index in [0.29, 0.717) is 34.5 Å². The predicted octanol–water partition coefficient (Wildman–Crippen LogP) is 3.11. The van der Waals surface area contributed by atoms with E-state index >= 15 is 0 Å². The third kappa shape index (κ3) is 4.45. The number of hydrazine groups is 1. The molecule has 0 saturated carbocycles. The number of amides is 1. The molecule has 0 fully saturated rings. The third-order valence-electron chi connectivity index (χ3n) is 3.90. The van der Waals surface area contributed by atoms with Crippen LogP contribution in [0.2, 0.25) is 5.02 Å². The highest BCUT2D eigenvalue weighted by Gasteiger charge is 2.14. The maximum Gasteiger partial charge on any atom is 0.271 e. The average molecular weight is 383 g/mol. The quantitative estimate of drug-likeness (QED) is 0.567. The Bertz CT molecular complexity index is 934. The number of hydrogen-bond donors (Lipinski definition) is 3. The SMILES string of the molecule is CN(Cc1ccccc1)c1ncnc(NNC(=O)c2ccccc2Cl)c1N. The number of anilines is 3. The Kier molecular flexibility index (Phi) is 5.73. The molecule has 0 atom stereocenters. The number of nitrogens with two attached hydrogens (primary N) is 1. The second-order valence-electron chi connectivity index (χ2n) is 5.86. The van der Waals surface area contributed by atoms with E-state index < -0.39 is 5.91 Å². The van der Waals surface area contributed by atoms with Crippen molar-refractivity contribution in [3.8, 4) is 0 Å². The van der Waals surface area contributed by atoms with Gasteiger partial charge in [0.05, 0.1) is 10.6 Å². The average Bonchev–Trinajstić information content (AvgIpc) is 2.68. The van der Waals surface area contributed by atoms with Crippen molar-refractivity contribution in [2.45, 2.75) is 6.54 Å². The van der Waals surface area contributed by atoms with E-state index in [4.69, 9.17) is 17.3 Å². The number of halogens is 1. The van der Waals surface area contributed by atoms with Gasteiger partial charge in [-0.15, -0.1) is 0 Å². The first-order chi connectivity index (χ1) is 13.1. The lowest BCUT2D eigenvalue weighted by Gasteiger charge is -2.21. The summed E-state index contributed by atoms with van der Waals surface area (Å²) in [7, 11) is 1.89. The third-order valence-corrected chi connectivity index (χ3v) is 4.23. The number of aromatic nitrogens is 2. The minimum Gasteiger partial charge on any atom is -0.393 e. The van der Waals surface area contributed by atoms with Crippen molar-refractivity contribution in [2.75, 3.05) is 23.1 Å². The zero-order valence-corrected chi connectivity index (χ0v) is 15.4. The Balaban J connectivity index is 1.71. The predicted molar refractivity (Wildman–Crippen MR) is 108 cm³/mol. The van der Waals surface area contributed by atoms with E-state index in [0.717, 1.165) is 5.56 Å². The maximum atomic E-state index is 12.3. The van der Waals surface area contributed by atoms with Gasteiger partial charge in [0, 0.05) is 13.6 Å². The first kappa shape index (κ1) is 18.5. The van der Waals surface area contributed by atoms with Gasteiger partial charge in [0.2, 0.25) is 0 Å². The van der Waals surface area contributed by atoms with E-state index in [2.05, 4.69) is 20.8 Å². The normalized spacial score (nSPS) is 10.3. The van der Waals surface area contributed by atoms with Crippen molar-refractivity contribution in [1.82, 2.24) is 15.4 Å². The summed E-state index contributed by atoms with van der Waals surface area (Å²) >= 11 is 6.03. The molecule has 8 heteroatoms. The Hall–Kier alpha value is -3.32. The number of carbonyl (C=O) groups is 1. The van der Waals surface area contributed by atoms with Crippen molar-refractivity contribution < 1.29 is 4.79 Å². The monoisotopic (exact) mass is 382 g/mol. The largest absolute Gasteiger partial charge is 0.393 e. The zero-order valence-electron chi connectivity index (χ0n) is 14.7. The van der Waals surface area contributed by atoms with E-state index in [-0.39, 0.29) is 0 Å². The van der Waals surface area contributed by atoms with Crippen molar-refractivity contribution >= 4 is 34.8 Å². The molecule has 0 spiro atoms. The molecule has 0 radical (unpaired) electrons. The summed E-state index contributed by atoms with van der Waals surface area (Å²) < 4.78 is 0. The summed E-state index contributed by atoms with van der Waals surface area (Å²) in [6, 6.07) is 16.7. The molecule has 3 aromatic rings. The number of benzene rings is 2. The van der Waals surface area contributed by atoms with Crippen molar-refractivity contribution in [1.29, 1.82) is 0 Å². The zero-order chi connectivity index (χ0) is 19.2. The molecule has 1 heterocycles. The summed E-state index contributed by atoms with van der Waals surface area (Å²) in [5.41, 5.74) is 13.3. The van der Waals surface area contributed by atoms with Crippen molar-refractivity contribution in [2.24, 2.45) is 0 Å². The molecule has 0 aliphatic carbocycles. The van der Waals surface area contributed by atoms with Crippen LogP contribution in [0, 0.1) is 0 Å². The van der Waals surface area contributed by atoms with Gasteiger partial charge < -0.3 is 10.6 Å². The molecule has 138 valence electrons. The first-order valence-electron chi connectivity index (χ1n) is 8.22. The molecule has 1 aromatic heterocycles. The highest BCUT2D eigenvalue weighted by molar-refractivity contribution is 6.33. The van der Waals surface area contributed by atoms with Crippen LogP contribution in [0.4, 0.5) is 17.3 Å². The Labute approximate surface area is 162 Å². The van der Waals surface area contributed by atoms with Gasteiger partial charge in [0.15, 0.2) is 11.6 Å². The van der Waals surface area contributed by atoms with Crippen LogP contribution >= 0.6 is 11.6 Å². The number of nitrogens with one attached hydrogen (secondary N) is 2. The van der Waals surface area contributed by atoms with Crippen molar-refractivity contribution in [3.05, 3.63) is 77.1 Å². The van der Waals surface area contributed by atoms with Crippen LogP contribution in [-0.4, -0.2) is 22.9 Å². The fourth-order valence-electron chi connectivity index (χ4n) is 2.55. The first-order valence-corrected chi connectivity index (χ1v) is 8.60. The number of hydrogen-bond acceptors (Lipinski definition) is 6. The lowest BCUT2D eigenvalue weighted by molar-refractivity contribution is 0.0962. The molecule has 3 rings (SSSR count). The molecule has 4 N–H and O–H groups in total. The van der Waals surface area contributed by atoms with Crippen LogP contribution < -0.4 is 21.5 Å². The molecule has 2 aromatic carbocycles. The second-order valence-corrected chi connectivity index (χ2v) is 6.27. The summed E-state index contributed by atoms with van der Waals surface area (Å²) in [6.45, 7) is 0.632. The lowest BCUT2D eigenvalue weighted by Crippen LogP contribution is -2.31. The molecule has 0 unspecified atom stereocenters. The number of carbonyl (C=O) groups excluding carboxylic acids is 1. The van der Waals surface area contributed by atoms with Gasteiger partial charge in [0.1, 0.15) is 12.0 Å². The van der Waals surface area contributed by atoms with E-state index in [1.54, 1.807) is 24.3 Å². The van der Waals surface area contributed by atoms with E-state index in [1.165, 1.54) is 6.33 Å². The van der Waals surface area contributed by atoms with Crippen LogP contribution in [0.25, 0.3) is 0 Å². The molecular weight excluding hydrogens is 364 g/mol. The summed E-state index contributed by atoms with van der Waals surface area (Å²) in [4.78, 5) is 22.5. The standard InChI is InChI=1S/C19H19ClN6O/c1-26(11-13-7-3-2-4-8-13)18-16(21)17(22-12-23-18)24-25-19(27)14-9-5-6-10-15(14)20/h2-10,12H,11,21H2,1H3,(H,25,27)(H,22,23,24). The Morgan fingerprint density at radius 3 is 2.56 bits per heavy atom. The summed E-state index contributed by atoms with van der Waals surface area (Å²) in [5.74, 6) is 0.474. The number of nitrogens with zero attached hydrogens (tertiary/aromatic N) is 3. The smallest absolute Gasteiger partial charge is 0.271 e. The fraction of sp³-hybridized carbons (Fsp3) is 0.105. The minimum atomic E-state index is -0.391. The number of rotatable bonds is 6. The Morgan fingerprint density at radius 2 is 1.81 bits per heavy atom. The second kappa shape index (κ2) is 8.37. The molecule has 27 heavy (non-hydrogen) atoms. The van der Waals surface area contributed by atoms with Crippen LogP contribution in [-0.2, 0) is 6.54 Å². The Morgan fingerprint density at radius 1 is 1.11 bits per heavy atom. The van der Waals surface area contributed by atoms with Gasteiger partial charge in [0.25, 0.3) is 5.91 Å². The van der Waals surface area contributed by atoms with E-state index in [9.17, 15) is 4.79 Å². The van der Waals surface area contributed by atoms with Gasteiger partial charge in [-0.2, -0.15) is 0 Å². The highest BCUT2D eigenvalue weighted by atomic mass is 35.5. The van der Waals surface area contributed by atoms with E-state index in [1.807, 2.05) is 42.3 Å². The minimum absolute atomic E-state index is 0.306. The van der Waals surface area contributed by atoms with Gasteiger partial charge in [-0.1, -0.05) is 54.1 Å². The summed E-state index contributed by atoms with van der Waals surface area (Å²) in [6.07, 6.45) is 1.39. The van der Waals surface area contributed by atoms with Crippen LogP contribution in [0.1, 0.15) is 15.9 Å². The maximum absolute atomic E-state index is 12.3. The fourth-order valence-corrected chi connectivity index (χ4v) is 2.77. The van der Waals surface area contributed by atoms with Gasteiger partial charge in [-0.05, 0) is 17.7 Å². The molecule has 0 saturated heterocycles. The van der Waals surface area contributed by atoms with Crippen LogP contribution in [0.15, 0.2) is 60.9 Å². The molecule has 1 amide bonds. The molecular formula is C19H19ClN6O. The molecule has 0 aliphatic rings. The number of nitrogen functional groups attached to an aromatic ring is 1.